The van der Waals surface area contributed by atoms with Crippen molar-refractivity contribution in [2.45, 2.75) is 78.6 Å². The Morgan fingerprint density at radius 3 is 0.440 bits per heavy atom. The van der Waals surface area contributed by atoms with Crippen LogP contribution in [0.1, 0.15) is 0 Å². The molecule has 0 saturated heterocycles. The van der Waals surface area contributed by atoms with Gasteiger partial charge in [-0.25, -0.2) is 0 Å². The summed E-state index contributed by atoms with van der Waals surface area (Å²) >= 11 is 0. The minimum atomic E-state index is -1.11. The molecule has 9 heteroatoms. The molecule has 0 fully saturated rings. The molecule has 0 radical (unpaired) electrons. The summed E-state index contributed by atoms with van der Waals surface area (Å²) < 4.78 is 9.64. The van der Waals surface area contributed by atoms with Crippen LogP contribution in [0.25, 0.3) is 19.9 Å². The van der Waals surface area contributed by atoms with Gasteiger partial charge in [-0.1, -0.05) is 112 Å². The molecule has 158 valence electrons. The first-order valence-corrected chi connectivity index (χ1v) is 22.5. The molecular weight excluding hydrogens is 544 g/mol. The van der Waals surface area contributed by atoms with E-state index in [9.17, 15) is 0 Å². The molecule has 0 atom stereocenters. The van der Waals surface area contributed by atoms with Gasteiger partial charge in [-0.05, 0) is 0 Å². The first kappa shape index (κ1) is 37.2. The van der Waals surface area contributed by atoms with Crippen molar-refractivity contribution in [1.29, 1.82) is 0 Å². The van der Waals surface area contributed by atoms with E-state index in [1.807, 2.05) is 0 Å². The summed E-state index contributed by atoms with van der Waals surface area (Å²) in [5.41, 5.74) is 0. The van der Waals surface area contributed by atoms with E-state index in [2.05, 4.69) is 89.2 Å². The Labute approximate surface area is 180 Å². The molecule has 0 bridgehead atoms. The van der Waals surface area contributed by atoms with E-state index in [-0.39, 0.29) is 21.1 Å². The normalized spacial score (nSPS) is 11.5. The van der Waals surface area contributed by atoms with Gasteiger partial charge in [0.05, 0.1) is 0 Å². The quantitative estimate of drug-likeness (QED) is 0.308. The minimum absolute atomic E-state index is 0. The molecule has 0 aliphatic heterocycles. The molecule has 0 aromatic rings. The van der Waals surface area contributed by atoms with Crippen molar-refractivity contribution in [2.75, 3.05) is 28.2 Å². The average molecular weight is 593 g/mol. The third kappa shape index (κ3) is 77.5. The second-order valence-electron chi connectivity index (χ2n) is 9.80. The van der Waals surface area contributed by atoms with E-state index in [0.29, 0.717) is 0 Å². The second kappa shape index (κ2) is 17.5. The number of nitrogens with zero attached hydrogens (tertiary/aromatic N) is 4. The van der Waals surface area contributed by atoms with Gasteiger partial charge in [-0.2, -0.15) is 28.2 Å². The maximum atomic E-state index is 4.82. The molecule has 0 amide bonds. The molecule has 0 spiro atoms. The molecule has 0 unspecified atom stereocenters. The van der Waals surface area contributed by atoms with Gasteiger partial charge in [-0.15, -0.1) is 0 Å². The van der Waals surface area contributed by atoms with Gasteiger partial charge in [0.2, 0.25) is 0 Å². The smallest absolute Gasteiger partial charge is 0 e. The van der Waals surface area contributed by atoms with Gasteiger partial charge in [0.25, 0.3) is 0 Å². The molecule has 0 saturated carbocycles. The van der Waals surface area contributed by atoms with Crippen LogP contribution < -0.4 is 0 Å². The van der Waals surface area contributed by atoms with Crippen LogP contribution in [0.2, 0.25) is 78.6 Å². The summed E-state index contributed by atoms with van der Waals surface area (Å²) in [5, 5.41) is 7.00. The summed E-state index contributed by atoms with van der Waals surface area (Å²) in [6.07, 6.45) is 0. The summed E-state index contributed by atoms with van der Waals surface area (Å²) in [4.78, 5) is 0. The van der Waals surface area contributed by atoms with Crippen LogP contribution in [-0.2, 0) is 21.1 Å². The molecule has 0 aliphatic rings. The van der Waals surface area contributed by atoms with Crippen LogP contribution in [0, 0.1) is 0 Å². The van der Waals surface area contributed by atoms with Crippen molar-refractivity contribution in [3.05, 3.63) is 19.9 Å². The monoisotopic (exact) mass is 592 g/mol. The predicted octanol–water partition coefficient (Wildman–Crippen LogP) is 7.30. The Hall–Kier alpha value is 1.40. The Morgan fingerprint density at radius 2 is 0.440 bits per heavy atom. The Morgan fingerprint density at radius 1 is 0.360 bits per heavy atom. The van der Waals surface area contributed by atoms with Crippen molar-refractivity contribution in [1.82, 2.24) is 0 Å². The van der Waals surface area contributed by atoms with Gasteiger partial charge in [0, 0.05) is 21.1 Å². The number of rotatable bonds is 4. The first-order valence-electron chi connectivity index (χ1n) is 8.68. The van der Waals surface area contributed by atoms with E-state index >= 15 is 0 Å². The fourth-order valence-electron chi connectivity index (χ4n) is 2.01. The zero-order chi connectivity index (χ0) is 20.8. The molecule has 0 aromatic heterocycles. The summed E-state index contributed by atoms with van der Waals surface area (Å²) in [6.45, 7) is 27.6. The Kier molecular flexibility index (Phi) is 26.0. The van der Waals surface area contributed by atoms with Crippen LogP contribution >= 0.6 is 0 Å². The third-order valence-corrected chi connectivity index (χ3v) is 12.1. The van der Waals surface area contributed by atoms with Gasteiger partial charge in [0.1, 0.15) is 0 Å². The van der Waals surface area contributed by atoms with E-state index in [1.54, 1.807) is 28.2 Å². The Balaban J connectivity index is -0.0000000788. The molecule has 25 heavy (non-hydrogen) atoms. The SMILES string of the molecule is C[N-]C.C[N-]C.C[Si](C)(C)[N-][Si](C)(C)C.C[Si](C)(C)[N-][Si](C)(C)C.[W]. The van der Waals surface area contributed by atoms with Crippen molar-refractivity contribution in [3.63, 3.8) is 0 Å². The van der Waals surface area contributed by atoms with Crippen LogP contribution in [0.5, 0.6) is 0 Å². The first-order chi connectivity index (χ1) is 10.2. The summed E-state index contributed by atoms with van der Waals surface area (Å²) in [7, 11) is 2.58. The standard InChI is InChI=1S/2C6H18NSi2.2C2H6N.W/c2*1-8(2,3)7-9(4,5)6;2*1-3-2;/h2*1-6H3;2*1-2H3;/q4*-1;. The molecule has 0 rings (SSSR count). The van der Waals surface area contributed by atoms with E-state index in [1.165, 1.54) is 0 Å². The maximum absolute atomic E-state index is 4.82. The van der Waals surface area contributed by atoms with Gasteiger partial charge in [-0.3, -0.25) is 0 Å². The molecular formula is C16H48N4Si4W-4. The molecule has 0 N–H and O–H groups in total. The molecule has 4 nitrogen and oxygen atoms in total. The summed E-state index contributed by atoms with van der Waals surface area (Å²) in [6, 6.07) is 0. The van der Waals surface area contributed by atoms with Crippen LogP contribution in [-0.4, -0.2) is 61.1 Å². The zero-order valence-electron chi connectivity index (χ0n) is 20.2. The van der Waals surface area contributed by atoms with E-state index < -0.39 is 32.9 Å². The Bertz CT molecular complexity index is 215. The fourth-order valence-corrected chi connectivity index (χ4v) is 18.1. The van der Waals surface area contributed by atoms with Crippen molar-refractivity contribution >= 4 is 32.9 Å². The maximum Gasteiger partial charge on any atom is 0 e. The molecule has 0 heterocycles. The molecule has 0 aromatic carbocycles. The minimum Gasteiger partial charge on any atom is -0.668 e. The van der Waals surface area contributed by atoms with Crippen LogP contribution in [0.15, 0.2) is 0 Å². The molecule has 0 aliphatic carbocycles. The van der Waals surface area contributed by atoms with Crippen molar-refractivity contribution in [3.8, 4) is 0 Å². The van der Waals surface area contributed by atoms with E-state index in [0.717, 1.165) is 0 Å². The average Bonchev–Trinajstić information content (AvgIpc) is 2.06. The summed E-state index contributed by atoms with van der Waals surface area (Å²) in [5.74, 6) is 0. The zero-order valence-corrected chi connectivity index (χ0v) is 27.1. The van der Waals surface area contributed by atoms with Crippen LogP contribution in [0.3, 0.4) is 0 Å². The topological polar surface area (TPSA) is 56.4 Å². The van der Waals surface area contributed by atoms with Crippen molar-refractivity contribution in [2.24, 2.45) is 0 Å². The van der Waals surface area contributed by atoms with Gasteiger partial charge < -0.3 is 19.9 Å². The van der Waals surface area contributed by atoms with Crippen LogP contribution in [0.4, 0.5) is 0 Å². The third-order valence-electron chi connectivity index (χ3n) is 1.34. The number of hydrogen-bond donors (Lipinski definition) is 0. The fraction of sp³-hybridized carbons (Fsp3) is 1.00. The predicted molar refractivity (Wildman–Crippen MR) is 131 cm³/mol. The van der Waals surface area contributed by atoms with Gasteiger partial charge in [0.15, 0.2) is 0 Å². The largest absolute Gasteiger partial charge is 0.668 e. The van der Waals surface area contributed by atoms with Crippen molar-refractivity contribution < 1.29 is 21.1 Å². The second-order valence-corrected chi connectivity index (χ2v) is 29.0. The van der Waals surface area contributed by atoms with Gasteiger partial charge >= 0.3 is 0 Å². The number of hydrogen-bond acceptors (Lipinski definition) is 0. The van der Waals surface area contributed by atoms with E-state index in [4.69, 9.17) is 9.30 Å².